The Balaban J connectivity index is 1.73. The van der Waals surface area contributed by atoms with E-state index in [1.807, 2.05) is 91.0 Å². The van der Waals surface area contributed by atoms with Crippen LogP contribution in [0, 0.1) is 0 Å². The van der Waals surface area contributed by atoms with E-state index < -0.39 is 47.3 Å². The van der Waals surface area contributed by atoms with Gasteiger partial charge in [0.2, 0.25) is 0 Å². The molecule has 196 valence electrons. The number of H-pyrrole nitrogens is 1. The Morgan fingerprint density at radius 1 is 0.816 bits per heavy atom. The fraction of sp³-hybridized carbons (Fsp3) is 0.241. The summed E-state index contributed by atoms with van der Waals surface area (Å²) in [6, 6.07) is 30.0. The number of rotatable bonds is 8. The maximum Gasteiger partial charge on any atom is 0.330 e. The number of aliphatic hydroxyl groups is 2. The third kappa shape index (κ3) is 4.40. The second-order valence-corrected chi connectivity index (χ2v) is 9.08. The van der Waals surface area contributed by atoms with E-state index in [0.29, 0.717) is 0 Å². The molecule has 2 heterocycles. The second-order valence-electron chi connectivity index (χ2n) is 9.08. The third-order valence-electron chi connectivity index (χ3n) is 7.01. The fourth-order valence-electron chi connectivity index (χ4n) is 5.37. The van der Waals surface area contributed by atoms with Gasteiger partial charge >= 0.3 is 5.69 Å². The predicted molar refractivity (Wildman–Crippen MR) is 138 cm³/mol. The Kier molecular flexibility index (Phi) is 7.37. The van der Waals surface area contributed by atoms with Gasteiger partial charge in [0.15, 0.2) is 6.23 Å². The number of aliphatic hydroxyl groups excluding tert-OH is 2. The van der Waals surface area contributed by atoms with Gasteiger partial charge in [0, 0.05) is 12.3 Å². The van der Waals surface area contributed by atoms with Crippen molar-refractivity contribution in [1.82, 2.24) is 9.55 Å². The molecule has 4 aromatic rings. The van der Waals surface area contributed by atoms with Crippen molar-refractivity contribution in [3.05, 3.63) is 141 Å². The van der Waals surface area contributed by atoms with Crippen molar-refractivity contribution < 1.29 is 24.7 Å². The van der Waals surface area contributed by atoms with E-state index in [1.165, 1.54) is 13.3 Å². The molecule has 9 heteroatoms. The summed E-state index contributed by atoms with van der Waals surface area (Å²) in [7, 11) is 1.36. The van der Waals surface area contributed by atoms with Crippen LogP contribution in [-0.2, 0) is 19.9 Å². The molecule has 9 nitrogen and oxygen atoms in total. The SMILES string of the molecule is COOC([C@H]1O[C@@H](n2ccc(=O)[nH]c2=O)[C@H](O)[C@@H]1O)C(c1ccccc1)(c1ccccc1)c1ccccc1. The Morgan fingerprint density at radius 3 is 1.76 bits per heavy atom. The van der Waals surface area contributed by atoms with Crippen LogP contribution in [-0.4, -0.2) is 51.3 Å². The van der Waals surface area contributed by atoms with E-state index in [4.69, 9.17) is 14.5 Å². The minimum absolute atomic E-state index is 0.590. The highest BCUT2D eigenvalue weighted by atomic mass is 17.2. The molecule has 3 aromatic carbocycles. The van der Waals surface area contributed by atoms with Crippen LogP contribution in [0.3, 0.4) is 0 Å². The summed E-state index contributed by atoms with van der Waals surface area (Å²) < 4.78 is 7.25. The van der Waals surface area contributed by atoms with Gasteiger partial charge in [0.25, 0.3) is 5.56 Å². The molecule has 1 aliphatic heterocycles. The number of hydrogen-bond donors (Lipinski definition) is 3. The Morgan fingerprint density at radius 2 is 1.32 bits per heavy atom. The number of ether oxygens (including phenoxy) is 1. The largest absolute Gasteiger partial charge is 0.387 e. The van der Waals surface area contributed by atoms with Crippen LogP contribution in [0.5, 0.6) is 0 Å². The standard InChI is InChI=1S/C29H28N2O7/c1-36-38-26(25-23(33)24(34)27(37-25)31-18-17-22(32)30-28(31)35)29(19-11-5-2-6-12-19,20-13-7-3-8-14-20)21-15-9-4-10-16-21/h2-18,23-27,33-34H,1H3,(H,30,32,35)/t23-,24+,25-,26?,27+/m0/s1. The van der Waals surface area contributed by atoms with E-state index in [0.717, 1.165) is 27.3 Å². The van der Waals surface area contributed by atoms with Crippen LogP contribution in [0.4, 0.5) is 0 Å². The molecule has 1 saturated heterocycles. The Hall–Kier alpha value is -3.86. The van der Waals surface area contributed by atoms with Gasteiger partial charge < -0.3 is 14.9 Å². The number of hydrogen-bond acceptors (Lipinski definition) is 7. The van der Waals surface area contributed by atoms with Gasteiger partial charge in [-0.15, -0.1) is 0 Å². The third-order valence-corrected chi connectivity index (χ3v) is 7.01. The van der Waals surface area contributed by atoms with Crippen molar-refractivity contribution in [1.29, 1.82) is 0 Å². The minimum atomic E-state index is -1.51. The quantitative estimate of drug-likeness (QED) is 0.186. The smallest absolute Gasteiger partial charge is 0.330 e. The molecule has 0 bridgehead atoms. The first-order chi connectivity index (χ1) is 18.5. The van der Waals surface area contributed by atoms with Crippen molar-refractivity contribution in [2.75, 3.05) is 7.11 Å². The lowest BCUT2D eigenvalue weighted by atomic mass is 9.64. The maximum atomic E-state index is 12.5. The molecule has 5 atom stereocenters. The molecule has 0 spiro atoms. The first kappa shape index (κ1) is 25.8. The monoisotopic (exact) mass is 516 g/mol. The van der Waals surface area contributed by atoms with E-state index in [9.17, 15) is 19.8 Å². The van der Waals surface area contributed by atoms with Gasteiger partial charge in [-0.1, -0.05) is 91.0 Å². The lowest BCUT2D eigenvalue weighted by Gasteiger charge is -2.44. The van der Waals surface area contributed by atoms with Gasteiger partial charge in [-0.05, 0) is 16.7 Å². The summed E-state index contributed by atoms with van der Waals surface area (Å²) in [4.78, 5) is 37.5. The lowest BCUT2D eigenvalue weighted by Crippen LogP contribution is -2.53. The van der Waals surface area contributed by atoms with Gasteiger partial charge in [-0.3, -0.25) is 14.3 Å². The fourth-order valence-corrected chi connectivity index (χ4v) is 5.37. The molecule has 1 aliphatic rings. The summed E-state index contributed by atoms with van der Waals surface area (Å²) in [6.45, 7) is 0. The minimum Gasteiger partial charge on any atom is -0.387 e. The van der Waals surface area contributed by atoms with Gasteiger partial charge in [0.05, 0.1) is 12.5 Å². The van der Waals surface area contributed by atoms with Crippen molar-refractivity contribution in [2.24, 2.45) is 0 Å². The second kappa shape index (κ2) is 10.9. The molecule has 0 aliphatic carbocycles. The average molecular weight is 517 g/mol. The Bertz CT molecular complexity index is 1360. The highest BCUT2D eigenvalue weighted by molar-refractivity contribution is 5.52. The molecule has 5 rings (SSSR count). The van der Waals surface area contributed by atoms with E-state index >= 15 is 0 Å². The number of aromatic amines is 1. The number of aromatic nitrogens is 2. The highest BCUT2D eigenvalue weighted by Crippen LogP contribution is 2.47. The molecule has 38 heavy (non-hydrogen) atoms. The zero-order valence-electron chi connectivity index (χ0n) is 20.6. The summed E-state index contributed by atoms with van der Waals surface area (Å²) in [5.41, 5.74) is 0.0284. The normalized spacial score (nSPS) is 22.3. The molecular formula is C29H28N2O7. The predicted octanol–water partition coefficient (Wildman–Crippen LogP) is 2.14. The van der Waals surface area contributed by atoms with E-state index in [1.54, 1.807) is 0 Å². The first-order valence-electron chi connectivity index (χ1n) is 12.2. The summed E-state index contributed by atoms with van der Waals surface area (Å²) in [5.74, 6) is 0. The first-order valence-corrected chi connectivity index (χ1v) is 12.2. The van der Waals surface area contributed by atoms with Crippen LogP contribution in [0.2, 0.25) is 0 Å². The molecule has 0 amide bonds. The molecule has 3 N–H and O–H groups in total. The van der Waals surface area contributed by atoms with Crippen LogP contribution in [0.1, 0.15) is 22.9 Å². The molecule has 0 radical (unpaired) electrons. The van der Waals surface area contributed by atoms with Crippen molar-refractivity contribution >= 4 is 0 Å². The zero-order chi connectivity index (χ0) is 26.7. The van der Waals surface area contributed by atoms with Gasteiger partial charge in [-0.25, -0.2) is 14.6 Å². The van der Waals surface area contributed by atoms with Crippen molar-refractivity contribution in [2.45, 2.75) is 36.1 Å². The van der Waals surface area contributed by atoms with E-state index in [2.05, 4.69) is 4.98 Å². The Labute approximate surface area is 218 Å². The molecule has 1 unspecified atom stereocenters. The molecular weight excluding hydrogens is 488 g/mol. The maximum absolute atomic E-state index is 12.5. The molecule has 0 saturated carbocycles. The molecule has 1 fully saturated rings. The summed E-state index contributed by atoms with van der Waals surface area (Å²) in [5, 5.41) is 22.4. The van der Waals surface area contributed by atoms with Gasteiger partial charge in [0.1, 0.15) is 24.4 Å². The highest BCUT2D eigenvalue weighted by Gasteiger charge is 2.57. The topological polar surface area (TPSA) is 123 Å². The van der Waals surface area contributed by atoms with Crippen LogP contribution < -0.4 is 11.2 Å². The van der Waals surface area contributed by atoms with Crippen molar-refractivity contribution in [3.63, 3.8) is 0 Å². The number of benzene rings is 3. The van der Waals surface area contributed by atoms with Crippen LogP contribution in [0.25, 0.3) is 0 Å². The van der Waals surface area contributed by atoms with Crippen LogP contribution in [0.15, 0.2) is 113 Å². The lowest BCUT2D eigenvalue weighted by molar-refractivity contribution is -0.335. The van der Waals surface area contributed by atoms with E-state index in [-0.39, 0.29) is 0 Å². The van der Waals surface area contributed by atoms with Crippen LogP contribution >= 0.6 is 0 Å². The number of nitrogens with zero attached hydrogens (tertiary/aromatic N) is 1. The van der Waals surface area contributed by atoms with Gasteiger partial charge in [-0.2, -0.15) is 0 Å². The average Bonchev–Trinajstić information content (AvgIpc) is 3.24. The number of nitrogens with one attached hydrogen (secondary N) is 1. The van der Waals surface area contributed by atoms with Crippen molar-refractivity contribution in [3.8, 4) is 0 Å². The summed E-state index contributed by atoms with van der Waals surface area (Å²) >= 11 is 0. The molecule has 1 aromatic heterocycles. The summed E-state index contributed by atoms with van der Waals surface area (Å²) in [6.07, 6.45) is -5.28. The zero-order valence-corrected chi connectivity index (χ0v) is 20.6.